The molecule has 1 saturated heterocycles. The van der Waals surface area contributed by atoms with E-state index in [0.29, 0.717) is 19.6 Å². The van der Waals surface area contributed by atoms with Crippen LogP contribution in [0.2, 0.25) is 0 Å². The number of benzene rings is 2. The summed E-state index contributed by atoms with van der Waals surface area (Å²) in [5.41, 5.74) is 4.31. The molecule has 0 saturated carbocycles. The number of ether oxygens (including phenoxy) is 2. The predicted molar refractivity (Wildman–Crippen MR) is 122 cm³/mol. The summed E-state index contributed by atoms with van der Waals surface area (Å²) in [6.07, 6.45) is 2.43. The van der Waals surface area contributed by atoms with Crippen LogP contribution < -0.4 is 9.64 Å². The molecule has 1 aliphatic heterocycles. The molecule has 1 aliphatic rings. The Labute approximate surface area is 181 Å². The summed E-state index contributed by atoms with van der Waals surface area (Å²) in [6, 6.07) is 12.0. The average Bonchev–Trinajstić information content (AvgIpc) is 3.37. The van der Waals surface area contributed by atoms with Crippen LogP contribution in [0.5, 0.6) is 5.75 Å². The number of carbonyl (C=O) groups excluding carboxylic acids is 1. The van der Waals surface area contributed by atoms with Gasteiger partial charge in [0.1, 0.15) is 5.75 Å². The van der Waals surface area contributed by atoms with E-state index in [9.17, 15) is 4.79 Å². The molecule has 6 heteroatoms. The van der Waals surface area contributed by atoms with Gasteiger partial charge in [-0.25, -0.2) is 4.98 Å². The number of anilines is 1. The first-order valence-corrected chi connectivity index (χ1v) is 11.4. The Kier molecular flexibility index (Phi) is 6.35. The lowest BCUT2D eigenvalue weighted by atomic mass is 10.1. The summed E-state index contributed by atoms with van der Waals surface area (Å²) in [4.78, 5) is 20.0. The first-order chi connectivity index (χ1) is 14.5. The van der Waals surface area contributed by atoms with Gasteiger partial charge in [-0.3, -0.25) is 9.69 Å². The molecule has 158 valence electrons. The van der Waals surface area contributed by atoms with Crippen molar-refractivity contribution in [2.45, 2.75) is 46.1 Å². The first-order valence-electron chi connectivity index (χ1n) is 10.5. The molecule has 1 unspecified atom stereocenters. The maximum atomic E-state index is 13.3. The van der Waals surface area contributed by atoms with Crippen LogP contribution in [0.15, 0.2) is 36.4 Å². The van der Waals surface area contributed by atoms with Gasteiger partial charge in [0.2, 0.25) is 5.91 Å². The Balaban J connectivity index is 1.60. The maximum absolute atomic E-state index is 13.3. The number of aromatic nitrogens is 1. The molecule has 5 nitrogen and oxygen atoms in total. The molecule has 0 aliphatic carbocycles. The van der Waals surface area contributed by atoms with Gasteiger partial charge >= 0.3 is 0 Å². The van der Waals surface area contributed by atoms with Crippen molar-refractivity contribution in [2.24, 2.45) is 0 Å². The monoisotopic (exact) mass is 424 g/mol. The third-order valence-electron chi connectivity index (χ3n) is 5.34. The van der Waals surface area contributed by atoms with Crippen molar-refractivity contribution in [2.75, 3.05) is 24.7 Å². The zero-order valence-corrected chi connectivity index (χ0v) is 18.6. The molecule has 0 radical (unpaired) electrons. The third kappa shape index (κ3) is 4.65. The summed E-state index contributed by atoms with van der Waals surface area (Å²) >= 11 is 1.59. The Bertz CT molecular complexity index is 1020. The Hall–Kier alpha value is -2.44. The van der Waals surface area contributed by atoms with Crippen LogP contribution in [0.3, 0.4) is 0 Å². The van der Waals surface area contributed by atoms with E-state index in [1.807, 2.05) is 36.1 Å². The van der Waals surface area contributed by atoms with Gasteiger partial charge in [0.25, 0.3) is 0 Å². The number of rotatable bonds is 7. The van der Waals surface area contributed by atoms with E-state index in [2.05, 4.69) is 26.0 Å². The highest BCUT2D eigenvalue weighted by Crippen LogP contribution is 2.33. The second-order valence-corrected chi connectivity index (χ2v) is 8.80. The van der Waals surface area contributed by atoms with Gasteiger partial charge in [-0.1, -0.05) is 29.5 Å². The van der Waals surface area contributed by atoms with Crippen LogP contribution in [0.25, 0.3) is 10.2 Å². The van der Waals surface area contributed by atoms with Gasteiger partial charge in [0, 0.05) is 6.61 Å². The van der Waals surface area contributed by atoms with E-state index < -0.39 is 0 Å². The molecule has 1 atom stereocenters. The molecule has 30 heavy (non-hydrogen) atoms. The Morgan fingerprint density at radius 3 is 2.77 bits per heavy atom. The highest BCUT2D eigenvalue weighted by molar-refractivity contribution is 7.22. The van der Waals surface area contributed by atoms with E-state index in [1.54, 1.807) is 11.3 Å². The molecule has 1 fully saturated rings. The number of hydrogen-bond acceptors (Lipinski definition) is 5. The predicted octanol–water partition coefficient (Wildman–Crippen LogP) is 5.07. The smallest absolute Gasteiger partial charge is 0.233 e. The van der Waals surface area contributed by atoms with E-state index in [4.69, 9.17) is 14.5 Å². The molecule has 0 spiro atoms. The maximum Gasteiger partial charge on any atom is 0.233 e. The minimum atomic E-state index is 0.0445. The molecule has 1 aromatic heterocycles. The second kappa shape index (κ2) is 9.14. The zero-order valence-electron chi connectivity index (χ0n) is 17.8. The fraction of sp³-hybridized carbons (Fsp3) is 0.417. The molecule has 1 amide bonds. The molecule has 0 bridgehead atoms. The van der Waals surface area contributed by atoms with Crippen LogP contribution >= 0.6 is 11.3 Å². The fourth-order valence-corrected chi connectivity index (χ4v) is 4.94. The summed E-state index contributed by atoms with van der Waals surface area (Å²) in [5.74, 6) is 0.866. The van der Waals surface area contributed by atoms with Gasteiger partial charge in [-0.05, 0) is 68.5 Å². The number of carbonyl (C=O) groups is 1. The SMILES string of the molecule is CCOc1ccc(CC(=O)N(CC2CCCO2)c2nc3cc(C)cc(C)c3s2)cc1. The fourth-order valence-electron chi connectivity index (χ4n) is 3.90. The zero-order chi connectivity index (χ0) is 21.1. The number of fused-ring (bicyclic) bond motifs is 1. The Morgan fingerprint density at radius 1 is 1.27 bits per heavy atom. The number of nitrogens with zero attached hydrogens (tertiary/aromatic N) is 2. The number of thiazole rings is 1. The lowest BCUT2D eigenvalue weighted by molar-refractivity contribution is -0.118. The van der Waals surface area contributed by atoms with Crippen LogP contribution in [0.4, 0.5) is 5.13 Å². The highest BCUT2D eigenvalue weighted by atomic mass is 32.1. The van der Waals surface area contributed by atoms with Gasteiger partial charge in [-0.2, -0.15) is 0 Å². The van der Waals surface area contributed by atoms with E-state index in [0.717, 1.165) is 46.1 Å². The van der Waals surface area contributed by atoms with Gasteiger partial charge in [0.05, 0.1) is 35.9 Å². The lowest BCUT2D eigenvalue weighted by Gasteiger charge is -2.23. The summed E-state index contributed by atoms with van der Waals surface area (Å²) in [5, 5.41) is 0.755. The van der Waals surface area contributed by atoms with Crippen molar-refractivity contribution >= 4 is 32.6 Å². The molecular formula is C24H28N2O3S. The van der Waals surface area contributed by atoms with Crippen molar-refractivity contribution in [3.8, 4) is 5.75 Å². The largest absolute Gasteiger partial charge is 0.494 e. The normalized spacial score (nSPS) is 16.2. The van der Waals surface area contributed by atoms with Crippen LogP contribution in [0, 0.1) is 13.8 Å². The third-order valence-corrected chi connectivity index (χ3v) is 6.57. The van der Waals surface area contributed by atoms with Crippen molar-refractivity contribution in [3.05, 3.63) is 53.1 Å². The quantitative estimate of drug-likeness (QED) is 0.532. The number of aryl methyl sites for hydroxylation is 2. The van der Waals surface area contributed by atoms with Gasteiger partial charge < -0.3 is 9.47 Å². The average molecular weight is 425 g/mol. The van der Waals surface area contributed by atoms with Crippen molar-refractivity contribution in [1.29, 1.82) is 0 Å². The van der Waals surface area contributed by atoms with Crippen molar-refractivity contribution < 1.29 is 14.3 Å². The number of amides is 1. The van der Waals surface area contributed by atoms with Crippen LogP contribution in [-0.2, 0) is 16.0 Å². The van der Waals surface area contributed by atoms with Crippen molar-refractivity contribution in [1.82, 2.24) is 4.98 Å². The van der Waals surface area contributed by atoms with Gasteiger partial charge in [0.15, 0.2) is 5.13 Å². The highest BCUT2D eigenvalue weighted by Gasteiger charge is 2.26. The van der Waals surface area contributed by atoms with Gasteiger partial charge in [-0.15, -0.1) is 0 Å². The number of hydrogen-bond donors (Lipinski definition) is 0. The first kappa shape index (κ1) is 20.8. The molecule has 2 aromatic carbocycles. The van der Waals surface area contributed by atoms with Crippen molar-refractivity contribution in [3.63, 3.8) is 0 Å². The Morgan fingerprint density at radius 2 is 2.07 bits per heavy atom. The van der Waals surface area contributed by atoms with Crippen LogP contribution in [-0.4, -0.2) is 36.8 Å². The molecule has 2 heterocycles. The second-order valence-electron chi connectivity index (χ2n) is 7.82. The van der Waals surface area contributed by atoms with E-state index in [1.165, 1.54) is 11.1 Å². The molecule has 0 N–H and O–H groups in total. The molecule has 3 aromatic rings. The summed E-state index contributed by atoms with van der Waals surface area (Å²) in [6.45, 7) is 8.08. The molecular weight excluding hydrogens is 396 g/mol. The minimum absolute atomic E-state index is 0.0445. The van der Waals surface area contributed by atoms with E-state index >= 15 is 0 Å². The summed E-state index contributed by atoms with van der Waals surface area (Å²) < 4.78 is 12.5. The van der Waals surface area contributed by atoms with Crippen LogP contribution in [0.1, 0.15) is 36.5 Å². The van der Waals surface area contributed by atoms with E-state index in [-0.39, 0.29) is 12.0 Å². The summed E-state index contributed by atoms with van der Waals surface area (Å²) in [7, 11) is 0. The topological polar surface area (TPSA) is 51.7 Å². The molecule has 4 rings (SSSR count). The lowest BCUT2D eigenvalue weighted by Crippen LogP contribution is -2.38. The standard InChI is InChI=1S/C24H28N2O3S/c1-4-28-19-9-7-18(8-10-19)14-22(27)26(15-20-6-5-11-29-20)24-25-21-13-16(2)12-17(3)23(21)30-24/h7-10,12-13,20H,4-6,11,14-15H2,1-3H3. The minimum Gasteiger partial charge on any atom is -0.494 e.